The molecule has 4 rings (SSSR count). The molecule has 4 nitrogen and oxygen atoms in total. The number of halogens is 2. The van der Waals surface area contributed by atoms with Crippen LogP contribution in [-0.2, 0) is 7.05 Å². The van der Waals surface area contributed by atoms with E-state index in [0.29, 0.717) is 23.1 Å². The molecule has 1 aliphatic heterocycles. The molecule has 3 atom stereocenters. The van der Waals surface area contributed by atoms with E-state index in [4.69, 9.17) is 0 Å². The van der Waals surface area contributed by atoms with Gasteiger partial charge >= 0.3 is 0 Å². The standard InChI is InChI=1S/C18H22F2N4/c1-10-15(9-24(2)23-10)14-3-4-16(18(20)17(14)19)22-13-5-11-7-21-8-12(11)6-13/h3-4,9,11-13,21-22H,5-8H2,1-2H3/t11-,12?,13-/m1/s1. The largest absolute Gasteiger partial charge is 0.380 e. The molecule has 2 heterocycles. The molecule has 2 aromatic rings. The van der Waals surface area contributed by atoms with Gasteiger partial charge in [-0.1, -0.05) is 0 Å². The number of nitrogens with one attached hydrogen (secondary N) is 2. The van der Waals surface area contributed by atoms with E-state index in [1.54, 1.807) is 37.0 Å². The lowest BCUT2D eigenvalue weighted by Gasteiger charge is -2.17. The van der Waals surface area contributed by atoms with Crippen LogP contribution in [0.25, 0.3) is 11.1 Å². The average molecular weight is 332 g/mol. The fourth-order valence-corrected chi connectivity index (χ4v) is 4.24. The van der Waals surface area contributed by atoms with Crippen LogP contribution < -0.4 is 10.6 Å². The van der Waals surface area contributed by atoms with Gasteiger partial charge in [0.05, 0.1) is 11.4 Å². The van der Waals surface area contributed by atoms with Gasteiger partial charge in [0, 0.05) is 30.4 Å². The highest BCUT2D eigenvalue weighted by Crippen LogP contribution is 2.37. The molecule has 1 aromatic carbocycles. The molecule has 2 aliphatic rings. The number of rotatable bonds is 3. The first-order valence-corrected chi connectivity index (χ1v) is 8.48. The van der Waals surface area contributed by atoms with Gasteiger partial charge in [0.15, 0.2) is 11.6 Å². The van der Waals surface area contributed by atoms with Gasteiger partial charge in [-0.15, -0.1) is 0 Å². The van der Waals surface area contributed by atoms with Crippen LogP contribution in [0.2, 0.25) is 0 Å². The monoisotopic (exact) mass is 332 g/mol. The third-order valence-corrected chi connectivity index (χ3v) is 5.40. The topological polar surface area (TPSA) is 41.9 Å². The highest BCUT2D eigenvalue weighted by Gasteiger charge is 2.37. The Hall–Kier alpha value is -1.95. The molecule has 1 saturated carbocycles. The molecule has 1 saturated heterocycles. The number of benzene rings is 1. The molecular weight excluding hydrogens is 310 g/mol. The predicted molar refractivity (Wildman–Crippen MR) is 89.8 cm³/mol. The van der Waals surface area contributed by atoms with E-state index in [-0.39, 0.29) is 17.3 Å². The van der Waals surface area contributed by atoms with E-state index in [1.165, 1.54) is 0 Å². The number of aromatic nitrogens is 2. The Morgan fingerprint density at radius 3 is 2.46 bits per heavy atom. The Morgan fingerprint density at radius 2 is 1.83 bits per heavy atom. The Labute approximate surface area is 140 Å². The van der Waals surface area contributed by atoms with Crippen LogP contribution in [0.1, 0.15) is 18.5 Å². The van der Waals surface area contributed by atoms with Crippen molar-refractivity contribution in [2.24, 2.45) is 18.9 Å². The summed E-state index contributed by atoms with van der Waals surface area (Å²) in [6.07, 6.45) is 3.75. The first kappa shape index (κ1) is 15.6. The number of nitrogens with zero attached hydrogens (tertiary/aromatic N) is 2. The Morgan fingerprint density at radius 1 is 1.12 bits per heavy atom. The first-order valence-electron chi connectivity index (χ1n) is 8.48. The van der Waals surface area contributed by atoms with Crippen LogP contribution in [0.5, 0.6) is 0 Å². The predicted octanol–water partition coefficient (Wildman–Crippen LogP) is 3.08. The molecule has 24 heavy (non-hydrogen) atoms. The molecule has 2 fully saturated rings. The zero-order chi connectivity index (χ0) is 16.8. The minimum absolute atomic E-state index is 0.224. The molecular formula is C18H22F2N4. The fourth-order valence-electron chi connectivity index (χ4n) is 4.24. The molecule has 0 radical (unpaired) electrons. The van der Waals surface area contributed by atoms with Gasteiger partial charge in [0.25, 0.3) is 0 Å². The van der Waals surface area contributed by atoms with Crippen LogP contribution in [0.3, 0.4) is 0 Å². The summed E-state index contributed by atoms with van der Waals surface area (Å²) in [5, 5.41) is 10.8. The second kappa shape index (κ2) is 5.84. The van der Waals surface area contributed by atoms with Gasteiger partial charge < -0.3 is 10.6 Å². The molecule has 6 heteroatoms. The average Bonchev–Trinajstić information content (AvgIpc) is 3.19. The maximum Gasteiger partial charge on any atom is 0.182 e. The molecule has 1 aliphatic carbocycles. The van der Waals surface area contributed by atoms with Crippen molar-refractivity contribution < 1.29 is 8.78 Å². The summed E-state index contributed by atoms with van der Waals surface area (Å²) in [6, 6.07) is 3.51. The number of aryl methyl sites for hydroxylation is 2. The number of hydrogen-bond acceptors (Lipinski definition) is 3. The van der Waals surface area contributed by atoms with Crippen molar-refractivity contribution in [2.45, 2.75) is 25.8 Å². The van der Waals surface area contributed by atoms with E-state index in [9.17, 15) is 8.78 Å². The number of anilines is 1. The van der Waals surface area contributed by atoms with E-state index < -0.39 is 11.6 Å². The molecule has 0 spiro atoms. The second-order valence-electron chi connectivity index (χ2n) is 7.08. The fraction of sp³-hybridized carbons (Fsp3) is 0.500. The van der Waals surface area contributed by atoms with Gasteiger partial charge in [-0.25, -0.2) is 8.78 Å². The van der Waals surface area contributed by atoms with Crippen LogP contribution in [-0.4, -0.2) is 28.9 Å². The van der Waals surface area contributed by atoms with Crippen LogP contribution in [0, 0.1) is 30.4 Å². The van der Waals surface area contributed by atoms with Gasteiger partial charge in [0.2, 0.25) is 0 Å². The van der Waals surface area contributed by atoms with Gasteiger partial charge in [-0.2, -0.15) is 5.10 Å². The molecule has 128 valence electrons. The third kappa shape index (κ3) is 2.59. The quantitative estimate of drug-likeness (QED) is 0.908. The summed E-state index contributed by atoms with van der Waals surface area (Å²) >= 11 is 0. The van der Waals surface area contributed by atoms with Gasteiger partial charge in [0.1, 0.15) is 0 Å². The summed E-state index contributed by atoms with van der Waals surface area (Å²) in [5.74, 6) is -0.289. The van der Waals surface area contributed by atoms with Gasteiger partial charge in [-0.3, -0.25) is 4.68 Å². The van der Waals surface area contributed by atoms with E-state index in [0.717, 1.165) is 25.9 Å². The lowest BCUT2D eigenvalue weighted by atomic mass is 10.0. The summed E-state index contributed by atoms with van der Waals surface area (Å²) < 4.78 is 30.7. The number of hydrogen-bond donors (Lipinski definition) is 2. The highest BCUT2D eigenvalue weighted by atomic mass is 19.2. The lowest BCUT2D eigenvalue weighted by molar-refractivity contribution is 0.494. The van der Waals surface area contributed by atoms with Crippen molar-refractivity contribution in [3.63, 3.8) is 0 Å². The van der Waals surface area contributed by atoms with Crippen molar-refractivity contribution in [1.29, 1.82) is 0 Å². The SMILES string of the molecule is Cc1nn(C)cc1-c1ccc(N[C@H]2CC3CNC[C@H]3C2)c(F)c1F. The van der Waals surface area contributed by atoms with Crippen molar-refractivity contribution >= 4 is 5.69 Å². The minimum Gasteiger partial charge on any atom is -0.380 e. The minimum atomic E-state index is -0.809. The van der Waals surface area contributed by atoms with Crippen molar-refractivity contribution in [3.8, 4) is 11.1 Å². The molecule has 1 aromatic heterocycles. The molecule has 0 amide bonds. The summed E-state index contributed by atoms with van der Waals surface area (Å²) in [4.78, 5) is 0. The van der Waals surface area contributed by atoms with Crippen molar-refractivity contribution in [1.82, 2.24) is 15.1 Å². The molecule has 1 unspecified atom stereocenters. The van der Waals surface area contributed by atoms with Crippen molar-refractivity contribution in [2.75, 3.05) is 18.4 Å². The van der Waals surface area contributed by atoms with E-state index >= 15 is 0 Å². The molecule has 2 N–H and O–H groups in total. The molecule has 0 bridgehead atoms. The van der Waals surface area contributed by atoms with Crippen LogP contribution in [0.15, 0.2) is 18.3 Å². The second-order valence-corrected chi connectivity index (χ2v) is 7.08. The van der Waals surface area contributed by atoms with Crippen LogP contribution in [0.4, 0.5) is 14.5 Å². The Balaban J connectivity index is 1.57. The van der Waals surface area contributed by atoms with E-state index in [1.807, 2.05) is 0 Å². The first-order chi connectivity index (χ1) is 11.5. The van der Waals surface area contributed by atoms with E-state index in [2.05, 4.69) is 15.7 Å². The Kier molecular flexibility index (Phi) is 3.79. The lowest BCUT2D eigenvalue weighted by Crippen LogP contribution is -2.21. The van der Waals surface area contributed by atoms with Gasteiger partial charge in [-0.05, 0) is 56.8 Å². The number of fused-ring (bicyclic) bond motifs is 1. The summed E-state index contributed by atoms with van der Waals surface area (Å²) in [5.41, 5.74) is 1.83. The summed E-state index contributed by atoms with van der Waals surface area (Å²) in [6.45, 7) is 3.88. The smallest absolute Gasteiger partial charge is 0.182 e. The zero-order valence-electron chi connectivity index (χ0n) is 13.9. The summed E-state index contributed by atoms with van der Waals surface area (Å²) in [7, 11) is 1.77. The Bertz CT molecular complexity index is 759. The maximum absolute atomic E-state index is 14.6. The zero-order valence-corrected chi connectivity index (χ0v) is 13.9. The normalized spacial score (nSPS) is 25.9. The third-order valence-electron chi connectivity index (χ3n) is 5.40. The highest BCUT2D eigenvalue weighted by molar-refractivity contribution is 5.68. The van der Waals surface area contributed by atoms with Crippen molar-refractivity contribution in [3.05, 3.63) is 35.7 Å². The maximum atomic E-state index is 14.6. The van der Waals surface area contributed by atoms with Crippen LogP contribution >= 0.6 is 0 Å².